The predicted octanol–water partition coefficient (Wildman–Crippen LogP) is 2.90. The molecule has 0 aliphatic rings. The maximum Gasteiger partial charge on any atom is 0.304 e. The molecule has 1 aromatic heterocycles. The molecule has 120 valence electrons. The average molecular weight is 335 g/mol. The molecule has 1 heterocycles. The monoisotopic (exact) mass is 335 g/mol. The molecule has 0 unspecified atom stereocenters. The molecular weight excluding hydrogens is 314 g/mol. The van der Waals surface area contributed by atoms with Gasteiger partial charge in [-0.05, 0) is 19.8 Å². The van der Waals surface area contributed by atoms with Gasteiger partial charge in [0.1, 0.15) is 4.21 Å². The van der Waals surface area contributed by atoms with Crippen molar-refractivity contribution in [1.82, 2.24) is 4.31 Å². The number of rotatable bonds is 8. The van der Waals surface area contributed by atoms with Crippen LogP contribution in [-0.4, -0.2) is 37.3 Å². The lowest BCUT2D eigenvalue weighted by molar-refractivity contribution is -0.383. The highest BCUT2D eigenvalue weighted by atomic mass is 32.2. The lowest BCUT2D eigenvalue weighted by Crippen LogP contribution is -2.35. The molecule has 0 spiro atoms. The number of nitrogens with one attached hydrogen (secondary N) is 1. The van der Waals surface area contributed by atoms with Crippen LogP contribution in [0, 0.1) is 10.1 Å². The SMILES string of the molecule is CCNc1sc(S(=O)(=O)N(C)C(CC)CC)cc1[N+](=O)[O-]. The summed E-state index contributed by atoms with van der Waals surface area (Å²) >= 11 is 0.904. The van der Waals surface area contributed by atoms with E-state index in [1.807, 2.05) is 13.8 Å². The van der Waals surface area contributed by atoms with Crippen molar-refractivity contribution in [1.29, 1.82) is 0 Å². The van der Waals surface area contributed by atoms with Crippen molar-refractivity contribution >= 4 is 32.0 Å². The molecule has 9 heteroatoms. The Hall–Kier alpha value is -1.19. The van der Waals surface area contributed by atoms with Crippen LogP contribution in [0.25, 0.3) is 0 Å². The molecule has 0 saturated carbocycles. The number of anilines is 1. The third-order valence-electron chi connectivity index (χ3n) is 3.31. The minimum atomic E-state index is -3.71. The van der Waals surface area contributed by atoms with Crippen LogP contribution in [0.3, 0.4) is 0 Å². The Bertz CT molecular complexity index is 594. The second-order valence-corrected chi connectivity index (χ2v) is 7.84. The summed E-state index contributed by atoms with van der Waals surface area (Å²) in [5, 5.41) is 14.1. The van der Waals surface area contributed by atoms with Gasteiger partial charge >= 0.3 is 5.69 Å². The lowest BCUT2D eigenvalue weighted by atomic mass is 10.2. The zero-order valence-corrected chi connectivity index (χ0v) is 14.3. The van der Waals surface area contributed by atoms with E-state index in [-0.39, 0.29) is 20.9 Å². The molecule has 0 aliphatic carbocycles. The summed E-state index contributed by atoms with van der Waals surface area (Å²) in [6.07, 6.45) is 1.39. The molecule has 0 aliphatic heterocycles. The molecule has 0 aromatic carbocycles. The largest absolute Gasteiger partial charge is 0.372 e. The van der Waals surface area contributed by atoms with Gasteiger partial charge in [0.15, 0.2) is 5.00 Å². The van der Waals surface area contributed by atoms with Crippen LogP contribution in [-0.2, 0) is 10.0 Å². The van der Waals surface area contributed by atoms with Crippen LogP contribution < -0.4 is 5.32 Å². The number of thiophene rings is 1. The summed E-state index contributed by atoms with van der Waals surface area (Å²) in [5.41, 5.74) is -0.196. The Morgan fingerprint density at radius 3 is 2.38 bits per heavy atom. The fourth-order valence-corrected chi connectivity index (χ4v) is 5.14. The van der Waals surface area contributed by atoms with Gasteiger partial charge in [0.05, 0.1) is 4.92 Å². The van der Waals surface area contributed by atoms with Crippen molar-refractivity contribution in [3.8, 4) is 0 Å². The minimum Gasteiger partial charge on any atom is -0.372 e. The maximum absolute atomic E-state index is 12.6. The molecule has 7 nitrogen and oxygen atoms in total. The normalized spacial score (nSPS) is 12.1. The predicted molar refractivity (Wildman–Crippen MR) is 84.5 cm³/mol. The van der Waals surface area contributed by atoms with E-state index in [4.69, 9.17) is 0 Å². The number of sulfonamides is 1. The first-order valence-electron chi connectivity index (χ1n) is 6.79. The van der Waals surface area contributed by atoms with E-state index >= 15 is 0 Å². The Morgan fingerprint density at radius 1 is 1.38 bits per heavy atom. The fraction of sp³-hybridized carbons (Fsp3) is 0.667. The molecular formula is C12H21N3O4S2. The first-order valence-corrected chi connectivity index (χ1v) is 9.05. The third kappa shape index (κ3) is 3.72. The van der Waals surface area contributed by atoms with E-state index in [2.05, 4.69) is 5.32 Å². The van der Waals surface area contributed by atoms with Gasteiger partial charge in [-0.25, -0.2) is 8.42 Å². The highest BCUT2D eigenvalue weighted by molar-refractivity contribution is 7.91. The highest BCUT2D eigenvalue weighted by Crippen LogP contribution is 2.38. The Kier molecular flexibility index (Phi) is 6.11. The van der Waals surface area contributed by atoms with E-state index in [1.54, 1.807) is 6.92 Å². The number of hydrogen-bond donors (Lipinski definition) is 1. The summed E-state index contributed by atoms with van der Waals surface area (Å²) in [7, 11) is -2.19. The Labute approximate surface area is 129 Å². The van der Waals surface area contributed by atoms with Gasteiger partial charge in [0.2, 0.25) is 0 Å². The van der Waals surface area contributed by atoms with Gasteiger partial charge in [-0.15, -0.1) is 0 Å². The van der Waals surface area contributed by atoms with Crippen molar-refractivity contribution in [3.05, 3.63) is 16.2 Å². The molecule has 0 atom stereocenters. The van der Waals surface area contributed by atoms with Gasteiger partial charge in [-0.1, -0.05) is 25.2 Å². The number of nitro groups is 1. The van der Waals surface area contributed by atoms with Crippen molar-refractivity contribution in [2.45, 2.75) is 43.9 Å². The van der Waals surface area contributed by atoms with E-state index in [0.717, 1.165) is 17.4 Å². The summed E-state index contributed by atoms with van der Waals surface area (Å²) in [4.78, 5) is 10.5. The molecule has 21 heavy (non-hydrogen) atoms. The molecule has 1 N–H and O–H groups in total. The fourth-order valence-electron chi connectivity index (χ4n) is 2.05. The standard InChI is InChI=1S/C12H21N3O4S2/c1-5-9(6-2)14(4)21(18,19)11-8-10(15(16)17)12(20-11)13-7-3/h8-9,13H,5-7H2,1-4H3. The Morgan fingerprint density at radius 2 is 1.95 bits per heavy atom. The molecule has 1 aromatic rings. The first-order chi connectivity index (χ1) is 9.79. The van der Waals surface area contributed by atoms with Gasteiger partial charge in [0, 0.05) is 25.7 Å². The van der Waals surface area contributed by atoms with Crippen molar-refractivity contribution in [2.24, 2.45) is 0 Å². The second kappa shape index (κ2) is 7.19. The van der Waals surface area contributed by atoms with E-state index in [9.17, 15) is 18.5 Å². The average Bonchev–Trinajstić information content (AvgIpc) is 2.85. The summed E-state index contributed by atoms with van der Waals surface area (Å²) in [5.74, 6) is 0. The zero-order valence-electron chi connectivity index (χ0n) is 12.6. The van der Waals surface area contributed by atoms with Crippen molar-refractivity contribution in [2.75, 3.05) is 18.9 Å². The van der Waals surface area contributed by atoms with Crippen LogP contribution in [0.5, 0.6) is 0 Å². The number of hydrogen-bond acceptors (Lipinski definition) is 6. The van der Waals surface area contributed by atoms with Gasteiger partial charge < -0.3 is 5.32 Å². The topological polar surface area (TPSA) is 92.6 Å². The van der Waals surface area contributed by atoms with Crippen LogP contribution >= 0.6 is 11.3 Å². The molecule has 1 rings (SSSR count). The van der Waals surface area contributed by atoms with Crippen LogP contribution in [0.2, 0.25) is 0 Å². The van der Waals surface area contributed by atoms with Gasteiger partial charge in [-0.3, -0.25) is 10.1 Å². The van der Waals surface area contributed by atoms with E-state index in [0.29, 0.717) is 19.4 Å². The zero-order chi connectivity index (χ0) is 16.2. The third-order valence-corrected chi connectivity index (χ3v) is 6.76. The second-order valence-electron chi connectivity index (χ2n) is 4.56. The van der Waals surface area contributed by atoms with E-state index in [1.165, 1.54) is 11.4 Å². The lowest BCUT2D eigenvalue weighted by Gasteiger charge is -2.24. The van der Waals surface area contributed by atoms with Crippen LogP contribution in [0.15, 0.2) is 10.3 Å². The van der Waals surface area contributed by atoms with Crippen molar-refractivity contribution < 1.29 is 13.3 Å². The summed E-state index contributed by atoms with van der Waals surface area (Å²) < 4.78 is 26.4. The van der Waals surface area contributed by atoms with Gasteiger partial charge in [-0.2, -0.15) is 4.31 Å². The number of nitrogens with zero attached hydrogens (tertiary/aromatic N) is 2. The van der Waals surface area contributed by atoms with Crippen LogP contribution in [0.1, 0.15) is 33.6 Å². The van der Waals surface area contributed by atoms with Crippen LogP contribution in [0.4, 0.5) is 10.7 Å². The molecule has 0 saturated heterocycles. The highest BCUT2D eigenvalue weighted by Gasteiger charge is 2.31. The quantitative estimate of drug-likeness (QED) is 0.582. The van der Waals surface area contributed by atoms with Crippen molar-refractivity contribution in [3.63, 3.8) is 0 Å². The molecule has 0 radical (unpaired) electrons. The van der Waals surface area contributed by atoms with Gasteiger partial charge in [0.25, 0.3) is 10.0 Å². The molecule has 0 amide bonds. The van der Waals surface area contributed by atoms with E-state index < -0.39 is 14.9 Å². The smallest absolute Gasteiger partial charge is 0.304 e. The summed E-state index contributed by atoms with van der Waals surface area (Å²) in [6.45, 7) is 6.12. The maximum atomic E-state index is 12.6. The molecule has 0 bridgehead atoms. The minimum absolute atomic E-state index is 0.000417. The Balaban J connectivity index is 3.25. The first kappa shape index (κ1) is 17.9. The molecule has 0 fully saturated rings. The summed E-state index contributed by atoms with van der Waals surface area (Å²) in [6, 6.07) is 1.02.